The first kappa shape index (κ1) is 17.5. The van der Waals surface area contributed by atoms with Crippen molar-refractivity contribution in [3.63, 3.8) is 0 Å². The molecule has 0 aliphatic heterocycles. The van der Waals surface area contributed by atoms with Crippen LogP contribution >= 0.6 is 11.6 Å². The summed E-state index contributed by atoms with van der Waals surface area (Å²) in [5.74, 6) is 1.29. The summed E-state index contributed by atoms with van der Waals surface area (Å²) in [6, 6.07) is 10.2. The van der Waals surface area contributed by atoms with Gasteiger partial charge in [0.15, 0.2) is 11.5 Å². The molecular weight excluding hydrogens is 310 g/mol. The number of anilines is 1. The number of benzene rings is 2. The molecule has 23 heavy (non-hydrogen) atoms. The first-order chi connectivity index (χ1) is 11.0. The van der Waals surface area contributed by atoms with Gasteiger partial charge >= 0.3 is 0 Å². The van der Waals surface area contributed by atoms with Crippen LogP contribution in [-0.2, 0) is 6.54 Å². The zero-order chi connectivity index (χ0) is 16.8. The molecule has 0 aromatic heterocycles. The molecule has 0 unspecified atom stereocenters. The van der Waals surface area contributed by atoms with Gasteiger partial charge in [0.2, 0.25) is 0 Å². The lowest BCUT2D eigenvalue weighted by Gasteiger charge is -2.15. The van der Waals surface area contributed by atoms with Crippen LogP contribution in [0.5, 0.6) is 11.5 Å². The van der Waals surface area contributed by atoms with E-state index in [0.717, 1.165) is 17.7 Å². The van der Waals surface area contributed by atoms with Gasteiger partial charge in [-0.3, -0.25) is 0 Å². The van der Waals surface area contributed by atoms with Crippen LogP contribution in [0.3, 0.4) is 0 Å². The summed E-state index contributed by atoms with van der Waals surface area (Å²) in [5.41, 5.74) is 4.70. The Labute approximate surface area is 143 Å². The van der Waals surface area contributed by atoms with Crippen molar-refractivity contribution in [2.45, 2.75) is 33.7 Å². The van der Waals surface area contributed by atoms with Gasteiger partial charge in [-0.15, -0.1) is 0 Å². The highest BCUT2D eigenvalue weighted by atomic mass is 35.5. The molecule has 0 fully saturated rings. The molecule has 0 amide bonds. The first-order valence-electron chi connectivity index (χ1n) is 7.85. The molecule has 4 heteroatoms. The van der Waals surface area contributed by atoms with E-state index in [0.29, 0.717) is 29.7 Å². The maximum Gasteiger partial charge on any atom is 0.179 e. The van der Waals surface area contributed by atoms with Crippen LogP contribution in [0.2, 0.25) is 5.02 Å². The molecule has 124 valence electrons. The predicted molar refractivity (Wildman–Crippen MR) is 97.0 cm³/mol. The van der Waals surface area contributed by atoms with E-state index >= 15 is 0 Å². The monoisotopic (exact) mass is 333 g/mol. The summed E-state index contributed by atoms with van der Waals surface area (Å²) in [6.07, 6.45) is 0.926. The molecule has 0 atom stereocenters. The first-order valence-corrected chi connectivity index (χ1v) is 8.23. The average molecular weight is 334 g/mol. The van der Waals surface area contributed by atoms with Crippen LogP contribution in [0, 0.1) is 13.8 Å². The molecule has 0 radical (unpaired) electrons. The number of ether oxygens (including phenoxy) is 2. The Balaban J connectivity index is 2.13. The van der Waals surface area contributed by atoms with Crippen LogP contribution in [0.4, 0.5) is 5.69 Å². The molecule has 0 saturated carbocycles. The van der Waals surface area contributed by atoms with Crippen molar-refractivity contribution in [3.8, 4) is 11.5 Å². The molecule has 1 N–H and O–H groups in total. The Morgan fingerprint density at radius 3 is 2.52 bits per heavy atom. The molecule has 0 spiro atoms. The normalized spacial score (nSPS) is 10.5. The van der Waals surface area contributed by atoms with Crippen molar-refractivity contribution in [2.24, 2.45) is 0 Å². The molecule has 0 bridgehead atoms. The summed E-state index contributed by atoms with van der Waals surface area (Å²) in [5, 5.41) is 3.99. The second-order valence-electron chi connectivity index (χ2n) is 5.61. The van der Waals surface area contributed by atoms with Crippen LogP contribution in [-0.4, -0.2) is 13.7 Å². The van der Waals surface area contributed by atoms with Crippen molar-refractivity contribution in [1.82, 2.24) is 0 Å². The van der Waals surface area contributed by atoms with Gasteiger partial charge in [0.05, 0.1) is 18.7 Å². The maximum absolute atomic E-state index is 6.34. The highest BCUT2D eigenvalue weighted by Gasteiger charge is 2.12. The van der Waals surface area contributed by atoms with Gasteiger partial charge in [0.25, 0.3) is 0 Å². The molecule has 0 heterocycles. The van der Waals surface area contributed by atoms with Crippen LogP contribution in [0.25, 0.3) is 0 Å². The summed E-state index contributed by atoms with van der Waals surface area (Å²) in [7, 11) is 1.63. The van der Waals surface area contributed by atoms with Gasteiger partial charge < -0.3 is 14.8 Å². The third-order valence-electron chi connectivity index (χ3n) is 3.74. The van der Waals surface area contributed by atoms with E-state index in [4.69, 9.17) is 21.1 Å². The minimum absolute atomic E-state index is 0.578. The van der Waals surface area contributed by atoms with E-state index in [1.807, 2.05) is 12.1 Å². The van der Waals surface area contributed by atoms with Gasteiger partial charge in [0.1, 0.15) is 0 Å². The fraction of sp³-hybridized carbons (Fsp3) is 0.368. The van der Waals surface area contributed by atoms with E-state index in [1.54, 1.807) is 7.11 Å². The maximum atomic E-state index is 6.34. The average Bonchev–Trinajstić information content (AvgIpc) is 2.54. The topological polar surface area (TPSA) is 30.5 Å². The number of rotatable bonds is 7. The van der Waals surface area contributed by atoms with Crippen molar-refractivity contribution in [3.05, 3.63) is 52.0 Å². The third kappa shape index (κ3) is 4.55. The highest BCUT2D eigenvalue weighted by molar-refractivity contribution is 6.32. The molecule has 3 nitrogen and oxygen atoms in total. The second kappa shape index (κ2) is 8.11. The lowest BCUT2D eigenvalue weighted by Crippen LogP contribution is -2.03. The van der Waals surface area contributed by atoms with Crippen molar-refractivity contribution in [1.29, 1.82) is 0 Å². The summed E-state index contributed by atoms with van der Waals surface area (Å²) >= 11 is 6.34. The zero-order valence-electron chi connectivity index (χ0n) is 14.2. The van der Waals surface area contributed by atoms with Gasteiger partial charge in [0, 0.05) is 12.2 Å². The summed E-state index contributed by atoms with van der Waals surface area (Å²) in [6.45, 7) is 7.57. The lowest BCUT2D eigenvalue weighted by atomic mass is 10.1. The van der Waals surface area contributed by atoms with E-state index in [1.165, 1.54) is 11.1 Å². The van der Waals surface area contributed by atoms with Gasteiger partial charge in [-0.1, -0.05) is 24.6 Å². The number of hydrogen-bond acceptors (Lipinski definition) is 3. The number of aryl methyl sites for hydroxylation is 2. The molecule has 0 aliphatic carbocycles. The third-order valence-corrected chi connectivity index (χ3v) is 4.02. The number of hydrogen-bond donors (Lipinski definition) is 1. The number of halogens is 1. The van der Waals surface area contributed by atoms with Crippen molar-refractivity contribution < 1.29 is 9.47 Å². The SMILES string of the molecule is CCCOc1c(Cl)cc(CNc2ccc(C)c(C)c2)cc1OC. The highest BCUT2D eigenvalue weighted by Crippen LogP contribution is 2.36. The van der Waals surface area contributed by atoms with E-state index in [9.17, 15) is 0 Å². The number of methoxy groups -OCH3 is 1. The largest absolute Gasteiger partial charge is 0.493 e. The zero-order valence-corrected chi connectivity index (χ0v) is 15.0. The molecule has 2 aromatic rings. The van der Waals surface area contributed by atoms with Gasteiger partial charge in [-0.25, -0.2) is 0 Å². The standard InChI is InChI=1S/C19H24ClNO2/c1-5-8-23-19-17(20)10-15(11-18(19)22-4)12-21-16-7-6-13(2)14(3)9-16/h6-7,9-11,21H,5,8,12H2,1-4H3. The quantitative estimate of drug-likeness (QED) is 0.739. The smallest absolute Gasteiger partial charge is 0.179 e. The fourth-order valence-electron chi connectivity index (χ4n) is 2.28. The Hall–Kier alpha value is -1.87. The molecule has 0 aliphatic rings. The van der Waals surface area contributed by atoms with Crippen molar-refractivity contribution >= 4 is 17.3 Å². The Bertz CT molecular complexity index is 671. The van der Waals surface area contributed by atoms with E-state index in [-0.39, 0.29) is 0 Å². The Morgan fingerprint density at radius 1 is 1.09 bits per heavy atom. The molecule has 0 saturated heterocycles. The molecule has 2 rings (SSSR count). The predicted octanol–water partition coefficient (Wildman–Crippen LogP) is 5.37. The minimum Gasteiger partial charge on any atom is -0.493 e. The van der Waals surface area contributed by atoms with E-state index < -0.39 is 0 Å². The summed E-state index contributed by atoms with van der Waals surface area (Å²) < 4.78 is 11.1. The lowest BCUT2D eigenvalue weighted by molar-refractivity contribution is 0.294. The molecular formula is C19H24ClNO2. The number of nitrogens with one attached hydrogen (secondary N) is 1. The second-order valence-corrected chi connectivity index (χ2v) is 6.02. The van der Waals surface area contributed by atoms with Crippen LogP contribution < -0.4 is 14.8 Å². The van der Waals surface area contributed by atoms with E-state index in [2.05, 4.69) is 44.3 Å². The van der Waals surface area contributed by atoms with Gasteiger partial charge in [-0.05, 0) is 61.2 Å². The summed E-state index contributed by atoms with van der Waals surface area (Å²) in [4.78, 5) is 0. The Kier molecular flexibility index (Phi) is 6.17. The van der Waals surface area contributed by atoms with Crippen molar-refractivity contribution in [2.75, 3.05) is 19.0 Å². The van der Waals surface area contributed by atoms with Gasteiger partial charge in [-0.2, -0.15) is 0 Å². The van der Waals surface area contributed by atoms with Crippen LogP contribution in [0.15, 0.2) is 30.3 Å². The Morgan fingerprint density at radius 2 is 1.87 bits per heavy atom. The minimum atomic E-state index is 0.578. The fourth-order valence-corrected chi connectivity index (χ4v) is 2.56. The molecule has 2 aromatic carbocycles. The van der Waals surface area contributed by atoms with Crippen LogP contribution in [0.1, 0.15) is 30.0 Å².